The number of aromatic nitrogens is 3. The number of piperidine rings is 1. The highest BCUT2D eigenvalue weighted by Gasteiger charge is 2.19. The molecule has 0 aliphatic carbocycles. The maximum absolute atomic E-state index is 3.94. The van der Waals surface area contributed by atoms with Gasteiger partial charge in [-0.15, -0.1) is 5.10 Å². The summed E-state index contributed by atoms with van der Waals surface area (Å²) in [6, 6.07) is 0.570. The molecule has 0 aromatic carbocycles. The highest BCUT2D eigenvalue weighted by molar-refractivity contribution is 5.36. The first-order valence-corrected chi connectivity index (χ1v) is 5.07. The van der Waals surface area contributed by atoms with Crippen molar-refractivity contribution in [2.75, 3.05) is 25.0 Å². The van der Waals surface area contributed by atoms with Crippen molar-refractivity contribution in [3.8, 4) is 0 Å². The van der Waals surface area contributed by atoms with Crippen molar-refractivity contribution >= 4 is 5.82 Å². The number of nitrogens with one attached hydrogen (secondary N) is 1. The minimum Gasteiger partial charge on any atom is -0.354 e. The zero-order chi connectivity index (χ0) is 9.97. The van der Waals surface area contributed by atoms with Crippen LogP contribution in [0.3, 0.4) is 0 Å². The summed E-state index contributed by atoms with van der Waals surface area (Å²) < 4.78 is 1.81. The first-order chi connectivity index (χ1) is 6.79. The average Bonchev–Trinajstić information content (AvgIpc) is 2.65. The second-order valence-electron chi connectivity index (χ2n) is 3.83. The molecule has 1 aliphatic heterocycles. The van der Waals surface area contributed by atoms with Crippen molar-refractivity contribution in [1.82, 2.24) is 20.3 Å². The molecule has 1 fully saturated rings. The minimum atomic E-state index is 0.570. The van der Waals surface area contributed by atoms with Gasteiger partial charge in [0.15, 0.2) is 0 Å². The lowest BCUT2D eigenvalue weighted by Crippen LogP contribution is -2.44. The lowest BCUT2D eigenvalue weighted by atomic mass is 10.1. The van der Waals surface area contributed by atoms with Gasteiger partial charge in [-0.1, -0.05) is 5.21 Å². The van der Waals surface area contributed by atoms with Crippen LogP contribution >= 0.6 is 0 Å². The van der Waals surface area contributed by atoms with Crippen molar-refractivity contribution in [2.24, 2.45) is 7.05 Å². The largest absolute Gasteiger partial charge is 0.354 e. The first-order valence-electron chi connectivity index (χ1n) is 5.07. The Kier molecular flexibility index (Phi) is 2.67. The molecule has 2 rings (SSSR count). The van der Waals surface area contributed by atoms with Crippen LogP contribution in [0, 0.1) is 0 Å². The van der Waals surface area contributed by atoms with Crippen molar-refractivity contribution in [3.05, 3.63) is 6.20 Å². The summed E-state index contributed by atoms with van der Waals surface area (Å²) >= 11 is 0. The van der Waals surface area contributed by atoms with Crippen LogP contribution in [0.2, 0.25) is 0 Å². The molecule has 0 amide bonds. The van der Waals surface area contributed by atoms with Crippen molar-refractivity contribution < 1.29 is 0 Å². The molecule has 78 valence electrons. The topological polar surface area (TPSA) is 46.0 Å². The Balaban J connectivity index is 2.07. The Morgan fingerprint density at radius 2 is 2.50 bits per heavy atom. The van der Waals surface area contributed by atoms with E-state index in [9.17, 15) is 0 Å². The lowest BCUT2D eigenvalue weighted by Gasteiger charge is -2.32. The molecule has 5 heteroatoms. The molecule has 2 heterocycles. The van der Waals surface area contributed by atoms with Gasteiger partial charge in [-0.3, -0.25) is 0 Å². The summed E-state index contributed by atoms with van der Waals surface area (Å²) in [7, 11) is 4.03. The molecular weight excluding hydrogens is 178 g/mol. The molecule has 1 saturated heterocycles. The van der Waals surface area contributed by atoms with E-state index < -0.39 is 0 Å². The van der Waals surface area contributed by atoms with Crippen LogP contribution in [0.4, 0.5) is 5.82 Å². The summed E-state index contributed by atoms with van der Waals surface area (Å²) in [5.41, 5.74) is 0. The zero-order valence-corrected chi connectivity index (χ0v) is 8.77. The molecule has 0 spiro atoms. The van der Waals surface area contributed by atoms with E-state index >= 15 is 0 Å². The van der Waals surface area contributed by atoms with Gasteiger partial charge in [0, 0.05) is 26.7 Å². The van der Waals surface area contributed by atoms with Crippen LogP contribution in [-0.4, -0.2) is 41.2 Å². The molecule has 1 N–H and O–H groups in total. The van der Waals surface area contributed by atoms with E-state index in [0.717, 1.165) is 18.9 Å². The van der Waals surface area contributed by atoms with Crippen LogP contribution in [0.1, 0.15) is 12.8 Å². The summed E-state index contributed by atoms with van der Waals surface area (Å²) in [5.74, 6) is 1.08. The van der Waals surface area contributed by atoms with Gasteiger partial charge in [-0.05, 0) is 19.4 Å². The maximum Gasteiger partial charge on any atom is 0.147 e. The van der Waals surface area contributed by atoms with Crippen LogP contribution < -0.4 is 10.2 Å². The van der Waals surface area contributed by atoms with Gasteiger partial charge in [0.1, 0.15) is 5.82 Å². The molecule has 1 unspecified atom stereocenters. The summed E-state index contributed by atoms with van der Waals surface area (Å²) in [6.07, 6.45) is 4.31. The first kappa shape index (κ1) is 9.45. The molecule has 14 heavy (non-hydrogen) atoms. The molecule has 1 atom stereocenters. The number of rotatable bonds is 2. The smallest absolute Gasteiger partial charge is 0.147 e. The molecule has 0 radical (unpaired) electrons. The number of nitrogens with zero attached hydrogens (tertiary/aromatic N) is 4. The monoisotopic (exact) mass is 195 g/mol. The van der Waals surface area contributed by atoms with E-state index in [0.29, 0.717) is 6.04 Å². The predicted octanol–water partition coefficient (Wildman–Crippen LogP) is 0.00330. The molecule has 0 saturated carbocycles. The lowest BCUT2D eigenvalue weighted by molar-refractivity contribution is 0.440. The van der Waals surface area contributed by atoms with Gasteiger partial charge < -0.3 is 10.2 Å². The highest BCUT2D eigenvalue weighted by Crippen LogP contribution is 2.16. The van der Waals surface area contributed by atoms with Gasteiger partial charge in [-0.2, -0.15) is 0 Å². The number of anilines is 1. The standard InChI is InChI=1S/C9H17N5/c1-13(8-4-3-5-10-6-8)9-7-11-12-14(9)2/h7-8,10H,3-6H2,1-2H3. The van der Waals surface area contributed by atoms with Crippen molar-refractivity contribution in [1.29, 1.82) is 0 Å². The minimum absolute atomic E-state index is 0.570. The molecule has 5 nitrogen and oxygen atoms in total. The fraction of sp³-hybridized carbons (Fsp3) is 0.778. The SMILES string of the molecule is CN(c1cnnn1C)C1CCCNC1. The van der Waals surface area contributed by atoms with E-state index in [4.69, 9.17) is 0 Å². The third-order valence-electron chi connectivity index (χ3n) is 2.87. The Hall–Kier alpha value is -1.10. The molecule has 0 bridgehead atoms. The third-order valence-corrected chi connectivity index (χ3v) is 2.87. The predicted molar refractivity (Wildman–Crippen MR) is 55.3 cm³/mol. The Morgan fingerprint density at radius 1 is 1.64 bits per heavy atom. The van der Waals surface area contributed by atoms with E-state index in [-0.39, 0.29) is 0 Å². The number of likely N-dealkylation sites (N-methyl/N-ethyl adjacent to an activating group) is 1. The molecule has 1 aromatic rings. The van der Waals surface area contributed by atoms with Crippen LogP contribution in [0.25, 0.3) is 0 Å². The van der Waals surface area contributed by atoms with Crippen LogP contribution in [0.5, 0.6) is 0 Å². The zero-order valence-electron chi connectivity index (χ0n) is 8.77. The van der Waals surface area contributed by atoms with Gasteiger partial charge in [0.05, 0.1) is 6.20 Å². The van der Waals surface area contributed by atoms with E-state index in [1.54, 1.807) is 0 Å². The third kappa shape index (κ3) is 1.72. The van der Waals surface area contributed by atoms with Crippen molar-refractivity contribution in [3.63, 3.8) is 0 Å². The molecular formula is C9H17N5. The normalized spacial score (nSPS) is 22.3. The van der Waals surface area contributed by atoms with Crippen LogP contribution in [0.15, 0.2) is 6.20 Å². The van der Waals surface area contributed by atoms with E-state index in [1.165, 1.54) is 12.8 Å². The number of hydrogen-bond donors (Lipinski definition) is 1. The fourth-order valence-corrected chi connectivity index (χ4v) is 1.95. The Bertz CT molecular complexity index is 289. The number of aryl methyl sites for hydroxylation is 1. The molecule has 1 aliphatic rings. The Labute approximate surface area is 84.1 Å². The van der Waals surface area contributed by atoms with Gasteiger partial charge in [0.2, 0.25) is 0 Å². The molecule has 1 aromatic heterocycles. The fourth-order valence-electron chi connectivity index (χ4n) is 1.95. The van der Waals surface area contributed by atoms with E-state index in [2.05, 4.69) is 27.6 Å². The maximum atomic E-state index is 3.94. The highest BCUT2D eigenvalue weighted by atomic mass is 15.5. The van der Waals surface area contributed by atoms with Crippen molar-refractivity contribution in [2.45, 2.75) is 18.9 Å². The summed E-state index contributed by atoms with van der Waals surface area (Å²) in [6.45, 7) is 2.20. The van der Waals surface area contributed by atoms with Gasteiger partial charge in [-0.25, -0.2) is 4.68 Å². The second-order valence-corrected chi connectivity index (χ2v) is 3.83. The number of hydrogen-bond acceptors (Lipinski definition) is 4. The Morgan fingerprint density at radius 3 is 3.07 bits per heavy atom. The summed E-state index contributed by atoms with van der Waals surface area (Å²) in [5, 5.41) is 11.2. The van der Waals surface area contributed by atoms with Gasteiger partial charge >= 0.3 is 0 Å². The van der Waals surface area contributed by atoms with Crippen LogP contribution in [-0.2, 0) is 7.05 Å². The van der Waals surface area contributed by atoms with E-state index in [1.807, 2.05) is 17.9 Å². The quantitative estimate of drug-likeness (QED) is 0.721. The summed E-state index contributed by atoms with van der Waals surface area (Å²) in [4.78, 5) is 2.26. The van der Waals surface area contributed by atoms with Gasteiger partial charge in [0.25, 0.3) is 0 Å². The second kappa shape index (κ2) is 3.96. The average molecular weight is 195 g/mol.